The molecule has 2 N–H and O–H groups in total. The monoisotopic (exact) mass is 339 g/mol. The lowest BCUT2D eigenvalue weighted by atomic mass is 10.1. The zero-order valence-electron chi connectivity index (χ0n) is 12.9. The van der Waals surface area contributed by atoms with Gasteiger partial charge in [0.05, 0.1) is 12.7 Å². The molecule has 128 valence electrons. The Morgan fingerprint density at radius 1 is 1.12 bits per heavy atom. The van der Waals surface area contributed by atoms with Gasteiger partial charge >= 0.3 is 12.2 Å². The normalized spacial score (nSPS) is 11.0. The maximum atomic E-state index is 12.6. The number of carbonyl (C=O) groups excluding carboxylic acids is 1. The standard InChI is InChI=1S/C16H16F3N3O2/c1-24-14-6-5-12(9-20-14)10-22-15(23)21-8-11-3-2-4-13(7-11)16(17,18)19/h2-7,9H,8,10H2,1H3,(H2,21,22,23). The summed E-state index contributed by atoms with van der Waals surface area (Å²) in [6, 6.07) is 7.75. The van der Waals surface area contributed by atoms with Gasteiger partial charge in [0.25, 0.3) is 0 Å². The van der Waals surface area contributed by atoms with Gasteiger partial charge in [-0.3, -0.25) is 0 Å². The summed E-state index contributed by atoms with van der Waals surface area (Å²) in [4.78, 5) is 15.7. The van der Waals surface area contributed by atoms with E-state index in [9.17, 15) is 18.0 Å². The number of methoxy groups -OCH3 is 1. The van der Waals surface area contributed by atoms with Crippen LogP contribution in [0.4, 0.5) is 18.0 Å². The van der Waals surface area contributed by atoms with Gasteiger partial charge in [-0.15, -0.1) is 0 Å². The molecule has 0 aliphatic heterocycles. The highest BCUT2D eigenvalue weighted by Crippen LogP contribution is 2.29. The first-order valence-electron chi connectivity index (χ1n) is 7.05. The summed E-state index contributed by atoms with van der Waals surface area (Å²) >= 11 is 0. The van der Waals surface area contributed by atoms with Gasteiger partial charge in [0.2, 0.25) is 5.88 Å². The lowest BCUT2D eigenvalue weighted by molar-refractivity contribution is -0.137. The molecule has 24 heavy (non-hydrogen) atoms. The zero-order chi connectivity index (χ0) is 17.6. The smallest absolute Gasteiger partial charge is 0.416 e. The fourth-order valence-electron chi connectivity index (χ4n) is 1.92. The quantitative estimate of drug-likeness (QED) is 0.880. The Morgan fingerprint density at radius 2 is 1.83 bits per heavy atom. The van der Waals surface area contributed by atoms with E-state index in [1.54, 1.807) is 18.3 Å². The molecule has 1 heterocycles. The Kier molecular flexibility index (Phi) is 5.62. The van der Waals surface area contributed by atoms with Gasteiger partial charge < -0.3 is 15.4 Å². The van der Waals surface area contributed by atoms with E-state index in [-0.39, 0.29) is 13.1 Å². The number of nitrogens with zero attached hydrogens (tertiary/aromatic N) is 1. The van der Waals surface area contributed by atoms with Gasteiger partial charge in [-0.1, -0.05) is 18.2 Å². The molecule has 1 aromatic heterocycles. The number of nitrogens with one attached hydrogen (secondary N) is 2. The molecule has 0 saturated heterocycles. The van der Waals surface area contributed by atoms with Crippen LogP contribution in [0, 0.1) is 0 Å². The van der Waals surface area contributed by atoms with Crippen LogP contribution in [0.3, 0.4) is 0 Å². The summed E-state index contributed by atoms with van der Waals surface area (Å²) in [5.74, 6) is 0.466. The first-order chi connectivity index (χ1) is 11.4. The number of hydrogen-bond donors (Lipinski definition) is 2. The molecule has 0 bridgehead atoms. The Balaban J connectivity index is 1.82. The van der Waals surface area contributed by atoms with E-state index < -0.39 is 17.8 Å². The lowest BCUT2D eigenvalue weighted by Gasteiger charge is -2.10. The van der Waals surface area contributed by atoms with Crippen LogP contribution in [0.25, 0.3) is 0 Å². The van der Waals surface area contributed by atoms with E-state index in [0.29, 0.717) is 11.4 Å². The van der Waals surface area contributed by atoms with Crippen molar-refractivity contribution in [2.24, 2.45) is 0 Å². The van der Waals surface area contributed by atoms with Crippen LogP contribution >= 0.6 is 0 Å². The number of aromatic nitrogens is 1. The Bertz CT molecular complexity index is 688. The topological polar surface area (TPSA) is 63.2 Å². The fraction of sp³-hybridized carbons (Fsp3) is 0.250. The molecule has 1 aromatic carbocycles. The summed E-state index contributed by atoms with van der Waals surface area (Å²) in [7, 11) is 1.50. The second kappa shape index (κ2) is 7.67. The molecule has 5 nitrogen and oxygen atoms in total. The highest BCUT2D eigenvalue weighted by Gasteiger charge is 2.30. The minimum absolute atomic E-state index is 0.00336. The van der Waals surface area contributed by atoms with E-state index in [1.165, 1.54) is 19.2 Å². The van der Waals surface area contributed by atoms with Crippen LogP contribution in [0.15, 0.2) is 42.6 Å². The predicted octanol–water partition coefficient (Wildman–Crippen LogP) is 3.11. The molecule has 2 aromatic rings. The van der Waals surface area contributed by atoms with E-state index in [4.69, 9.17) is 4.74 Å². The molecule has 8 heteroatoms. The van der Waals surface area contributed by atoms with Crippen LogP contribution in [0.1, 0.15) is 16.7 Å². The van der Waals surface area contributed by atoms with E-state index >= 15 is 0 Å². The third-order valence-corrected chi connectivity index (χ3v) is 3.17. The predicted molar refractivity (Wildman–Crippen MR) is 81.3 cm³/mol. The van der Waals surface area contributed by atoms with Gasteiger partial charge in [-0.25, -0.2) is 9.78 Å². The van der Waals surface area contributed by atoms with Crippen LogP contribution in [0.5, 0.6) is 5.88 Å². The highest BCUT2D eigenvalue weighted by molar-refractivity contribution is 5.73. The zero-order valence-corrected chi connectivity index (χ0v) is 12.9. The van der Waals surface area contributed by atoms with Crippen molar-refractivity contribution in [1.82, 2.24) is 15.6 Å². The molecule has 0 aliphatic rings. The van der Waals surface area contributed by atoms with Crippen LogP contribution < -0.4 is 15.4 Å². The summed E-state index contributed by atoms with van der Waals surface area (Å²) in [5, 5.41) is 5.11. The number of halogens is 3. The first kappa shape index (κ1) is 17.6. The van der Waals surface area contributed by atoms with Gasteiger partial charge in [0.15, 0.2) is 0 Å². The first-order valence-corrected chi connectivity index (χ1v) is 7.05. The Morgan fingerprint density at radius 3 is 2.42 bits per heavy atom. The van der Waals surface area contributed by atoms with Gasteiger partial charge in [-0.05, 0) is 23.3 Å². The average Bonchev–Trinajstić information content (AvgIpc) is 2.58. The minimum atomic E-state index is -4.40. The van der Waals surface area contributed by atoms with Crippen molar-refractivity contribution in [3.05, 3.63) is 59.3 Å². The molecule has 0 aliphatic carbocycles. The SMILES string of the molecule is COc1ccc(CNC(=O)NCc2cccc(C(F)(F)F)c2)cn1. The number of benzene rings is 1. The maximum absolute atomic E-state index is 12.6. The molecule has 0 unspecified atom stereocenters. The van der Waals surface area contributed by atoms with Crippen molar-refractivity contribution in [3.8, 4) is 5.88 Å². The average molecular weight is 339 g/mol. The summed E-state index contributed by atoms with van der Waals surface area (Å²) < 4.78 is 42.8. The van der Waals surface area contributed by atoms with Crippen molar-refractivity contribution in [2.75, 3.05) is 7.11 Å². The molecular weight excluding hydrogens is 323 g/mol. The number of pyridine rings is 1. The van der Waals surface area contributed by atoms with Crippen LogP contribution in [-0.4, -0.2) is 18.1 Å². The molecular formula is C16H16F3N3O2. The fourth-order valence-corrected chi connectivity index (χ4v) is 1.92. The van der Waals surface area contributed by atoms with Gasteiger partial charge in [-0.2, -0.15) is 13.2 Å². The number of urea groups is 1. The second-order valence-electron chi connectivity index (χ2n) is 4.94. The van der Waals surface area contributed by atoms with Gasteiger partial charge in [0.1, 0.15) is 0 Å². The number of carbonyl (C=O) groups is 1. The number of alkyl halides is 3. The van der Waals surface area contributed by atoms with E-state index in [2.05, 4.69) is 15.6 Å². The second-order valence-corrected chi connectivity index (χ2v) is 4.94. The Hall–Kier alpha value is -2.77. The van der Waals surface area contributed by atoms with E-state index in [0.717, 1.165) is 17.7 Å². The third kappa shape index (κ3) is 5.15. The molecule has 0 saturated carbocycles. The highest BCUT2D eigenvalue weighted by atomic mass is 19.4. The molecule has 0 fully saturated rings. The molecule has 2 rings (SSSR count). The van der Waals surface area contributed by atoms with Crippen LogP contribution in [0.2, 0.25) is 0 Å². The van der Waals surface area contributed by atoms with E-state index in [1.807, 2.05) is 0 Å². The van der Waals surface area contributed by atoms with Crippen LogP contribution in [-0.2, 0) is 19.3 Å². The maximum Gasteiger partial charge on any atom is 0.416 e. The molecule has 0 atom stereocenters. The Labute approximate surface area is 136 Å². The number of ether oxygens (including phenoxy) is 1. The van der Waals surface area contributed by atoms with Crippen molar-refractivity contribution in [3.63, 3.8) is 0 Å². The molecule has 0 spiro atoms. The third-order valence-electron chi connectivity index (χ3n) is 3.17. The van der Waals surface area contributed by atoms with Crippen molar-refractivity contribution < 1.29 is 22.7 Å². The number of amides is 2. The summed E-state index contributed by atoms with van der Waals surface area (Å²) in [6.45, 7) is 0.238. The summed E-state index contributed by atoms with van der Waals surface area (Å²) in [6.07, 6.45) is -2.84. The number of rotatable bonds is 5. The largest absolute Gasteiger partial charge is 0.481 e. The minimum Gasteiger partial charge on any atom is -0.481 e. The summed E-state index contributed by atoms with van der Waals surface area (Å²) in [5.41, 5.74) is 0.391. The van der Waals surface area contributed by atoms with Crippen molar-refractivity contribution in [1.29, 1.82) is 0 Å². The van der Waals surface area contributed by atoms with Gasteiger partial charge in [0, 0.05) is 25.4 Å². The lowest BCUT2D eigenvalue weighted by Crippen LogP contribution is -2.34. The molecule has 0 radical (unpaired) electrons. The van der Waals surface area contributed by atoms with Crippen molar-refractivity contribution >= 4 is 6.03 Å². The van der Waals surface area contributed by atoms with Crippen molar-refractivity contribution in [2.45, 2.75) is 19.3 Å². The number of hydrogen-bond acceptors (Lipinski definition) is 3. The molecule has 2 amide bonds.